The van der Waals surface area contributed by atoms with Crippen molar-refractivity contribution in [2.45, 2.75) is 16.9 Å². The third-order valence-electron chi connectivity index (χ3n) is 2.97. The van der Waals surface area contributed by atoms with E-state index in [1.54, 1.807) is 12.1 Å². The molecule has 2 atom stereocenters. The Kier molecular flexibility index (Phi) is 1.87. The minimum atomic E-state index is 0.352. The molecule has 3 heteroatoms. The maximum atomic E-state index is 9.19. The zero-order valence-electron chi connectivity index (χ0n) is 7.89. The van der Waals surface area contributed by atoms with Gasteiger partial charge in [-0.15, -0.1) is 0 Å². The van der Waals surface area contributed by atoms with Gasteiger partial charge in [0.25, 0.3) is 0 Å². The highest BCUT2D eigenvalue weighted by molar-refractivity contribution is 8.02. The third-order valence-corrected chi connectivity index (χ3v) is 4.43. The molecule has 0 saturated carbocycles. The van der Waals surface area contributed by atoms with Crippen molar-refractivity contribution in [2.75, 3.05) is 18.0 Å². The lowest BCUT2D eigenvalue weighted by atomic mass is 10.1. The molecule has 3 fully saturated rings. The number of phenolic OH excluding ortho intramolecular Hbond substituents is 1. The number of nitrogens with zero attached hydrogens (tertiary/aromatic N) is 1. The van der Waals surface area contributed by atoms with Crippen molar-refractivity contribution in [3.63, 3.8) is 0 Å². The number of thioether (sulfide) groups is 1. The van der Waals surface area contributed by atoms with Crippen molar-refractivity contribution >= 4 is 17.4 Å². The van der Waals surface area contributed by atoms with Gasteiger partial charge in [0.15, 0.2) is 0 Å². The van der Waals surface area contributed by atoms with E-state index in [9.17, 15) is 5.11 Å². The van der Waals surface area contributed by atoms with Crippen LogP contribution in [0.25, 0.3) is 0 Å². The van der Waals surface area contributed by atoms with E-state index in [0.717, 1.165) is 10.5 Å². The van der Waals surface area contributed by atoms with Crippen molar-refractivity contribution in [1.29, 1.82) is 0 Å². The van der Waals surface area contributed by atoms with Crippen LogP contribution in [0.1, 0.15) is 6.42 Å². The fraction of sp³-hybridized carbons (Fsp3) is 0.455. The van der Waals surface area contributed by atoms with Crippen LogP contribution >= 0.6 is 11.8 Å². The average molecular weight is 207 g/mol. The van der Waals surface area contributed by atoms with E-state index in [1.807, 2.05) is 12.1 Å². The standard InChI is InChI=1S/C11H13NOS/c13-9-3-1-8(2-4-9)12-6-10-5-11(7-12)14-10/h1-4,10-11,13H,5-7H2. The Hall–Kier alpha value is -0.830. The normalized spacial score (nSPS) is 29.9. The second-order valence-corrected chi connectivity index (χ2v) is 5.64. The predicted molar refractivity (Wildman–Crippen MR) is 60.1 cm³/mol. The van der Waals surface area contributed by atoms with Gasteiger partial charge in [-0.3, -0.25) is 0 Å². The van der Waals surface area contributed by atoms with Gasteiger partial charge in [0.2, 0.25) is 0 Å². The highest BCUT2D eigenvalue weighted by atomic mass is 32.2. The highest BCUT2D eigenvalue weighted by Crippen LogP contribution is 2.42. The molecule has 1 N–H and O–H groups in total. The molecule has 3 saturated heterocycles. The van der Waals surface area contributed by atoms with Crippen LogP contribution in [0.4, 0.5) is 5.69 Å². The zero-order chi connectivity index (χ0) is 9.54. The summed E-state index contributed by atoms with van der Waals surface area (Å²) in [5, 5.41) is 10.9. The second-order valence-electron chi connectivity index (χ2n) is 4.04. The molecule has 2 unspecified atom stereocenters. The Morgan fingerprint density at radius 2 is 1.71 bits per heavy atom. The molecule has 2 nitrogen and oxygen atoms in total. The van der Waals surface area contributed by atoms with Crippen molar-refractivity contribution in [2.24, 2.45) is 0 Å². The van der Waals surface area contributed by atoms with Crippen LogP contribution in [0.3, 0.4) is 0 Å². The van der Waals surface area contributed by atoms with Gasteiger partial charge < -0.3 is 10.0 Å². The van der Waals surface area contributed by atoms with Crippen molar-refractivity contribution in [1.82, 2.24) is 0 Å². The molecular formula is C11H13NOS. The molecule has 0 amide bonds. The first-order valence-corrected chi connectivity index (χ1v) is 5.95. The van der Waals surface area contributed by atoms with E-state index >= 15 is 0 Å². The van der Waals surface area contributed by atoms with Gasteiger partial charge in [-0.1, -0.05) is 0 Å². The number of hydrogen-bond donors (Lipinski definition) is 1. The number of piperidine rings is 1. The molecular weight excluding hydrogens is 194 g/mol. The molecule has 1 aromatic carbocycles. The molecule has 4 rings (SSSR count). The van der Waals surface area contributed by atoms with Crippen molar-refractivity contribution in [3.05, 3.63) is 24.3 Å². The first-order valence-electron chi connectivity index (χ1n) is 5.01. The summed E-state index contributed by atoms with van der Waals surface area (Å²) in [6, 6.07) is 7.54. The quantitative estimate of drug-likeness (QED) is 0.762. The first kappa shape index (κ1) is 8.48. The number of rotatable bonds is 1. The maximum absolute atomic E-state index is 9.19. The molecule has 3 aliphatic rings. The summed E-state index contributed by atoms with van der Waals surface area (Å²) in [4.78, 5) is 2.43. The smallest absolute Gasteiger partial charge is 0.115 e. The van der Waals surface area contributed by atoms with Gasteiger partial charge >= 0.3 is 0 Å². The summed E-state index contributed by atoms with van der Waals surface area (Å²) in [6.07, 6.45) is 1.40. The average Bonchev–Trinajstić information content (AvgIpc) is 2.18. The number of hydrogen-bond acceptors (Lipinski definition) is 3. The Labute approximate surface area is 87.9 Å². The molecule has 3 aliphatic heterocycles. The number of anilines is 1. The van der Waals surface area contributed by atoms with Crippen LogP contribution in [0.2, 0.25) is 0 Å². The predicted octanol–water partition coefficient (Wildman–Crippen LogP) is 2.09. The van der Waals surface area contributed by atoms with Crippen LogP contribution in [0.15, 0.2) is 24.3 Å². The minimum absolute atomic E-state index is 0.352. The Bertz CT molecular complexity index is 322. The van der Waals surface area contributed by atoms with Gasteiger partial charge in [-0.25, -0.2) is 0 Å². The van der Waals surface area contributed by atoms with Gasteiger partial charge in [0, 0.05) is 29.3 Å². The maximum Gasteiger partial charge on any atom is 0.115 e. The van der Waals surface area contributed by atoms with E-state index in [4.69, 9.17) is 0 Å². The summed E-state index contributed by atoms with van der Waals surface area (Å²) in [5.74, 6) is 0.352. The monoisotopic (exact) mass is 207 g/mol. The lowest BCUT2D eigenvalue weighted by Crippen LogP contribution is -2.51. The number of benzene rings is 1. The van der Waals surface area contributed by atoms with E-state index in [1.165, 1.54) is 25.2 Å². The van der Waals surface area contributed by atoms with Crippen LogP contribution in [-0.4, -0.2) is 28.7 Å². The first-order chi connectivity index (χ1) is 6.81. The van der Waals surface area contributed by atoms with E-state index in [-0.39, 0.29) is 0 Å². The Morgan fingerprint density at radius 1 is 1.14 bits per heavy atom. The molecule has 2 bridgehead atoms. The second kappa shape index (κ2) is 3.09. The fourth-order valence-electron chi connectivity index (χ4n) is 2.23. The molecule has 0 spiro atoms. The van der Waals surface area contributed by atoms with Crippen LogP contribution in [0, 0.1) is 0 Å². The fourth-order valence-corrected chi connectivity index (χ4v) is 3.63. The lowest BCUT2D eigenvalue weighted by molar-refractivity contribution is 0.475. The molecule has 0 radical (unpaired) electrons. The SMILES string of the molecule is Oc1ccc(N2CC3CC(C2)S3)cc1. The molecule has 0 aromatic heterocycles. The summed E-state index contributed by atoms with van der Waals surface area (Å²) in [5.41, 5.74) is 1.25. The van der Waals surface area contributed by atoms with E-state index < -0.39 is 0 Å². The summed E-state index contributed by atoms with van der Waals surface area (Å²) >= 11 is 2.13. The highest BCUT2D eigenvalue weighted by Gasteiger charge is 2.37. The molecule has 3 heterocycles. The van der Waals surface area contributed by atoms with Crippen LogP contribution in [-0.2, 0) is 0 Å². The minimum Gasteiger partial charge on any atom is -0.508 e. The molecule has 0 aliphatic carbocycles. The molecule has 1 aromatic rings. The lowest BCUT2D eigenvalue weighted by Gasteiger charge is -2.47. The van der Waals surface area contributed by atoms with Crippen LogP contribution in [0.5, 0.6) is 5.75 Å². The topological polar surface area (TPSA) is 23.5 Å². The molecule has 14 heavy (non-hydrogen) atoms. The van der Waals surface area contributed by atoms with E-state index in [0.29, 0.717) is 5.75 Å². The van der Waals surface area contributed by atoms with Gasteiger partial charge in [0.1, 0.15) is 5.75 Å². The molecule has 74 valence electrons. The summed E-state index contributed by atoms with van der Waals surface area (Å²) < 4.78 is 0. The van der Waals surface area contributed by atoms with Crippen molar-refractivity contribution in [3.8, 4) is 5.75 Å². The van der Waals surface area contributed by atoms with Gasteiger partial charge in [-0.2, -0.15) is 11.8 Å². The van der Waals surface area contributed by atoms with E-state index in [2.05, 4.69) is 16.7 Å². The number of fused-ring (bicyclic) bond motifs is 2. The van der Waals surface area contributed by atoms with Gasteiger partial charge in [-0.05, 0) is 30.7 Å². The summed E-state index contributed by atoms with van der Waals surface area (Å²) in [7, 11) is 0. The van der Waals surface area contributed by atoms with Crippen LogP contribution < -0.4 is 4.90 Å². The number of aromatic hydroxyl groups is 1. The Balaban J connectivity index is 1.79. The van der Waals surface area contributed by atoms with Crippen molar-refractivity contribution < 1.29 is 5.11 Å². The summed E-state index contributed by atoms with van der Waals surface area (Å²) in [6.45, 7) is 2.35. The zero-order valence-corrected chi connectivity index (χ0v) is 8.70. The van der Waals surface area contributed by atoms with Gasteiger partial charge in [0.05, 0.1) is 0 Å². The third kappa shape index (κ3) is 1.36. The number of phenols is 1. The largest absolute Gasteiger partial charge is 0.508 e. The Morgan fingerprint density at radius 3 is 2.29 bits per heavy atom.